The van der Waals surface area contributed by atoms with Crippen LogP contribution in [0.3, 0.4) is 0 Å². The molecule has 2 nitrogen and oxygen atoms in total. The monoisotopic (exact) mass is 252 g/mol. The van der Waals surface area contributed by atoms with Gasteiger partial charge in [0.15, 0.2) is 0 Å². The van der Waals surface area contributed by atoms with Crippen LogP contribution in [0.15, 0.2) is 18.2 Å². The predicted octanol–water partition coefficient (Wildman–Crippen LogP) is 4.01. The Kier molecular flexibility index (Phi) is 4.60. The average molecular weight is 252 g/mol. The second-order valence-corrected chi connectivity index (χ2v) is 3.58. The summed E-state index contributed by atoms with van der Waals surface area (Å²) in [7, 11) is 0. The molecule has 0 N–H and O–H groups in total. The molecule has 0 aliphatic carbocycles. The van der Waals surface area contributed by atoms with Gasteiger partial charge in [-0.25, -0.2) is 0 Å². The van der Waals surface area contributed by atoms with E-state index in [-0.39, 0.29) is 23.0 Å². The zero-order chi connectivity index (χ0) is 13.0. The van der Waals surface area contributed by atoms with E-state index in [1.165, 1.54) is 18.2 Å². The van der Waals surface area contributed by atoms with Crippen molar-refractivity contribution < 1.29 is 27.0 Å². The number of alkyl halides is 4. The molecule has 0 unspecified atom stereocenters. The summed E-state index contributed by atoms with van der Waals surface area (Å²) in [4.78, 5) is 0. The van der Waals surface area contributed by atoms with Crippen molar-refractivity contribution in [2.75, 3.05) is 0 Å². The highest BCUT2D eigenvalue weighted by molar-refractivity contribution is 5.46. The summed E-state index contributed by atoms with van der Waals surface area (Å²) in [6.45, 7) is -2.67. The van der Waals surface area contributed by atoms with E-state index in [1.54, 1.807) is 13.8 Å². The van der Waals surface area contributed by atoms with Crippen LogP contribution in [0, 0.1) is 0 Å². The van der Waals surface area contributed by atoms with Gasteiger partial charge in [-0.05, 0) is 18.1 Å². The van der Waals surface area contributed by atoms with E-state index >= 15 is 0 Å². The molecule has 0 spiro atoms. The minimum atomic E-state index is -3.01. The smallest absolute Gasteiger partial charge is 0.387 e. The number of hydrogen-bond donors (Lipinski definition) is 0. The molecule has 96 valence electrons. The fourth-order valence-corrected chi connectivity index (χ4v) is 1.49. The Bertz CT molecular complexity index is 338. The lowest BCUT2D eigenvalue weighted by Gasteiger charge is -2.17. The van der Waals surface area contributed by atoms with Gasteiger partial charge in [0.2, 0.25) is 0 Å². The van der Waals surface area contributed by atoms with Crippen LogP contribution in [0.5, 0.6) is 11.5 Å². The van der Waals surface area contributed by atoms with E-state index in [4.69, 9.17) is 0 Å². The number of ether oxygens (including phenoxy) is 2. The molecule has 0 fully saturated rings. The van der Waals surface area contributed by atoms with Gasteiger partial charge in [0.1, 0.15) is 11.5 Å². The third-order valence-electron chi connectivity index (χ3n) is 2.04. The Hall–Kier alpha value is -1.46. The van der Waals surface area contributed by atoms with E-state index in [9.17, 15) is 17.6 Å². The summed E-state index contributed by atoms with van der Waals surface area (Å²) in [5.41, 5.74) is 0.202. The molecule has 1 rings (SSSR count). The molecule has 1 aromatic rings. The molecule has 0 saturated heterocycles. The Morgan fingerprint density at radius 3 is 1.59 bits per heavy atom. The predicted molar refractivity (Wildman–Crippen MR) is 53.8 cm³/mol. The van der Waals surface area contributed by atoms with Crippen LogP contribution >= 0.6 is 0 Å². The molecule has 6 heteroatoms. The van der Waals surface area contributed by atoms with Crippen LogP contribution in [-0.2, 0) is 0 Å². The Morgan fingerprint density at radius 1 is 0.882 bits per heavy atom. The first-order valence-electron chi connectivity index (χ1n) is 4.94. The van der Waals surface area contributed by atoms with Crippen LogP contribution in [0.25, 0.3) is 0 Å². The summed E-state index contributed by atoms with van der Waals surface area (Å²) >= 11 is 0. The Balaban J connectivity index is 3.12. The first-order valence-corrected chi connectivity index (χ1v) is 4.94. The zero-order valence-corrected chi connectivity index (χ0v) is 9.29. The summed E-state index contributed by atoms with van der Waals surface area (Å²) in [6, 6.07) is 3.90. The lowest BCUT2D eigenvalue weighted by molar-refractivity contribution is -0.0556. The zero-order valence-electron chi connectivity index (χ0n) is 9.29. The second-order valence-electron chi connectivity index (χ2n) is 3.58. The van der Waals surface area contributed by atoms with Gasteiger partial charge in [0.25, 0.3) is 0 Å². The number of halogens is 4. The van der Waals surface area contributed by atoms with Crippen molar-refractivity contribution >= 4 is 0 Å². The standard InChI is InChI=1S/C11H12F4O2/c1-6(2)9-7(16-10(12)13)4-3-5-8(9)17-11(14)15/h3-6,10-11H,1-2H3. The van der Waals surface area contributed by atoms with Crippen molar-refractivity contribution in [3.63, 3.8) is 0 Å². The molecule has 0 aromatic heterocycles. The molecule has 0 heterocycles. The quantitative estimate of drug-likeness (QED) is 0.737. The molecular formula is C11H12F4O2. The summed E-state index contributed by atoms with van der Waals surface area (Å²) in [5, 5.41) is 0. The highest BCUT2D eigenvalue weighted by Crippen LogP contribution is 2.36. The van der Waals surface area contributed by atoms with Gasteiger partial charge in [-0.2, -0.15) is 17.6 Å². The maximum absolute atomic E-state index is 12.1. The van der Waals surface area contributed by atoms with E-state index < -0.39 is 13.2 Å². The highest BCUT2D eigenvalue weighted by Gasteiger charge is 2.19. The topological polar surface area (TPSA) is 18.5 Å². The Morgan fingerprint density at radius 2 is 1.29 bits per heavy atom. The van der Waals surface area contributed by atoms with Crippen LogP contribution in [0.1, 0.15) is 25.3 Å². The number of hydrogen-bond acceptors (Lipinski definition) is 2. The van der Waals surface area contributed by atoms with Gasteiger partial charge >= 0.3 is 13.2 Å². The van der Waals surface area contributed by atoms with E-state index in [1.807, 2.05) is 0 Å². The van der Waals surface area contributed by atoms with Crippen molar-refractivity contribution in [3.8, 4) is 11.5 Å². The average Bonchev–Trinajstić information content (AvgIpc) is 2.14. The molecule has 0 aliphatic heterocycles. The Labute approximate surface area is 96.1 Å². The summed E-state index contributed by atoms with van der Waals surface area (Å²) < 4.78 is 57.1. The maximum Gasteiger partial charge on any atom is 0.387 e. The van der Waals surface area contributed by atoms with Crippen LogP contribution in [0.4, 0.5) is 17.6 Å². The lowest BCUT2D eigenvalue weighted by atomic mass is 10.0. The minimum absolute atomic E-state index is 0.145. The maximum atomic E-state index is 12.1. The summed E-state index contributed by atoms with van der Waals surface area (Å²) in [6.07, 6.45) is 0. The summed E-state index contributed by atoms with van der Waals surface area (Å²) in [5.74, 6) is -0.569. The van der Waals surface area contributed by atoms with E-state index in [2.05, 4.69) is 9.47 Å². The second kappa shape index (κ2) is 5.75. The van der Waals surface area contributed by atoms with Gasteiger partial charge in [-0.15, -0.1) is 0 Å². The van der Waals surface area contributed by atoms with Gasteiger partial charge in [-0.1, -0.05) is 19.9 Å². The fraction of sp³-hybridized carbons (Fsp3) is 0.455. The van der Waals surface area contributed by atoms with Crippen molar-refractivity contribution in [2.24, 2.45) is 0 Å². The molecular weight excluding hydrogens is 240 g/mol. The first kappa shape index (κ1) is 13.6. The van der Waals surface area contributed by atoms with Gasteiger partial charge in [-0.3, -0.25) is 0 Å². The van der Waals surface area contributed by atoms with Gasteiger partial charge < -0.3 is 9.47 Å². The lowest BCUT2D eigenvalue weighted by Crippen LogP contribution is -2.09. The van der Waals surface area contributed by atoms with Crippen LogP contribution in [0.2, 0.25) is 0 Å². The number of benzene rings is 1. The molecule has 0 radical (unpaired) electrons. The van der Waals surface area contributed by atoms with Crippen LogP contribution < -0.4 is 9.47 Å². The van der Waals surface area contributed by atoms with Crippen molar-refractivity contribution in [1.29, 1.82) is 0 Å². The van der Waals surface area contributed by atoms with Crippen molar-refractivity contribution in [2.45, 2.75) is 33.0 Å². The number of rotatable bonds is 5. The SMILES string of the molecule is CC(C)c1c(OC(F)F)cccc1OC(F)F. The largest absolute Gasteiger partial charge is 0.434 e. The molecule has 0 amide bonds. The molecule has 0 saturated carbocycles. The molecule has 1 aromatic carbocycles. The van der Waals surface area contributed by atoms with Gasteiger partial charge in [0.05, 0.1) is 0 Å². The normalized spacial score (nSPS) is 11.4. The molecule has 0 aliphatic rings. The molecule has 0 atom stereocenters. The third kappa shape index (κ3) is 3.80. The van der Waals surface area contributed by atoms with E-state index in [0.29, 0.717) is 0 Å². The third-order valence-corrected chi connectivity index (χ3v) is 2.04. The van der Waals surface area contributed by atoms with Crippen molar-refractivity contribution in [1.82, 2.24) is 0 Å². The fourth-order valence-electron chi connectivity index (χ4n) is 1.49. The van der Waals surface area contributed by atoms with E-state index in [0.717, 1.165) is 0 Å². The highest BCUT2D eigenvalue weighted by atomic mass is 19.3. The first-order chi connectivity index (χ1) is 7.91. The van der Waals surface area contributed by atoms with Gasteiger partial charge in [0, 0.05) is 5.56 Å². The minimum Gasteiger partial charge on any atom is -0.434 e. The molecule has 17 heavy (non-hydrogen) atoms. The van der Waals surface area contributed by atoms with Crippen molar-refractivity contribution in [3.05, 3.63) is 23.8 Å². The van der Waals surface area contributed by atoms with Crippen LogP contribution in [-0.4, -0.2) is 13.2 Å². The molecule has 0 bridgehead atoms.